The van der Waals surface area contributed by atoms with Crippen molar-refractivity contribution in [2.24, 2.45) is 0 Å². The van der Waals surface area contributed by atoms with Crippen molar-refractivity contribution < 1.29 is 9.52 Å². The maximum atomic E-state index is 9.49. The molecule has 2 N–H and O–H groups in total. The van der Waals surface area contributed by atoms with E-state index in [0.29, 0.717) is 6.04 Å². The van der Waals surface area contributed by atoms with E-state index < -0.39 is 6.10 Å². The van der Waals surface area contributed by atoms with Crippen LogP contribution in [0.3, 0.4) is 0 Å². The summed E-state index contributed by atoms with van der Waals surface area (Å²) in [6.45, 7) is 2.57. The highest BCUT2D eigenvalue weighted by Crippen LogP contribution is 2.25. The Morgan fingerprint density at radius 1 is 1.21 bits per heavy atom. The first-order chi connectivity index (χ1) is 9.22. The Bertz CT molecular complexity index is 538. The third kappa shape index (κ3) is 3.06. The number of furan rings is 1. The molecule has 0 radical (unpaired) electrons. The minimum absolute atomic E-state index is 0.427. The maximum absolute atomic E-state index is 9.49. The molecule has 3 heteroatoms. The highest BCUT2D eigenvalue weighted by Gasteiger charge is 2.20. The molecule has 1 fully saturated rings. The second kappa shape index (κ2) is 5.19. The van der Waals surface area contributed by atoms with Gasteiger partial charge in [-0.05, 0) is 37.5 Å². The number of hydrogen-bond acceptors (Lipinski definition) is 3. The van der Waals surface area contributed by atoms with Gasteiger partial charge in [0.2, 0.25) is 0 Å². The number of benzene rings is 1. The highest BCUT2D eigenvalue weighted by atomic mass is 16.3. The summed E-state index contributed by atoms with van der Waals surface area (Å²) in [7, 11) is 0. The average Bonchev–Trinajstić information content (AvgIpc) is 3.13. The third-order valence-electron chi connectivity index (χ3n) is 3.48. The molecule has 0 spiro atoms. The van der Waals surface area contributed by atoms with Gasteiger partial charge in [0.05, 0.1) is 12.6 Å². The molecule has 3 rings (SSSR count). The number of aliphatic hydroxyl groups is 1. The molecule has 0 bridgehead atoms. The number of hydrogen-bond donors (Lipinski definition) is 2. The predicted octanol–water partition coefficient (Wildman–Crippen LogP) is 3.25. The number of aliphatic hydroxyl groups excluding tert-OH is 1. The van der Waals surface area contributed by atoms with E-state index in [2.05, 4.69) is 5.32 Å². The van der Waals surface area contributed by atoms with Gasteiger partial charge in [-0.1, -0.05) is 24.3 Å². The monoisotopic (exact) mass is 257 g/mol. The van der Waals surface area contributed by atoms with Gasteiger partial charge in [-0.3, -0.25) is 0 Å². The van der Waals surface area contributed by atoms with E-state index in [4.69, 9.17) is 4.42 Å². The largest absolute Gasteiger partial charge is 0.460 e. The van der Waals surface area contributed by atoms with Crippen LogP contribution in [0.5, 0.6) is 0 Å². The topological polar surface area (TPSA) is 45.4 Å². The van der Waals surface area contributed by atoms with Gasteiger partial charge in [0.25, 0.3) is 0 Å². The van der Waals surface area contributed by atoms with Gasteiger partial charge in [0.15, 0.2) is 0 Å². The molecule has 0 unspecified atom stereocenters. The quantitative estimate of drug-likeness (QED) is 0.864. The zero-order valence-electron chi connectivity index (χ0n) is 11.1. The lowest BCUT2D eigenvalue weighted by Gasteiger charge is -2.05. The molecule has 0 saturated heterocycles. The molecule has 3 nitrogen and oxygen atoms in total. The highest BCUT2D eigenvalue weighted by molar-refractivity contribution is 5.58. The summed E-state index contributed by atoms with van der Waals surface area (Å²) in [6, 6.07) is 12.6. The van der Waals surface area contributed by atoms with Gasteiger partial charge in [0, 0.05) is 11.6 Å². The summed E-state index contributed by atoms with van der Waals surface area (Å²) in [4.78, 5) is 0. The van der Waals surface area contributed by atoms with Crippen molar-refractivity contribution in [2.45, 2.75) is 38.5 Å². The lowest BCUT2D eigenvalue weighted by atomic mass is 10.1. The molecule has 1 aromatic heterocycles. The Hall–Kier alpha value is -1.58. The Labute approximate surface area is 113 Å². The molecule has 1 aliphatic rings. The van der Waals surface area contributed by atoms with Crippen LogP contribution < -0.4 is 5.32 Å². The van der Waals surface area contributed by atoms with Crippen LogP contribution >= 0.6 is 0 Å². The fourth-order valence-electron chi connectivity index (χ4n) is 2.09. The molecule has 1 atom stereocenters. The van der Waals surface area contributed by atoms with Crippen LogP contribution in [0.1, 0.15) is 37.2 Å². The third-order valence-corrected chi connectivity index (χ3v) is 3.48. The van der Waals surface area contributed by atoms with Gasteiger partial charge in [0.1, 0.15) is 11.5 Å². The molecule has 1 heterocycles. The van der Waals surface area contributed by atoms with E-state index in [1.54, 1.807) is 6.92 Å². The molecule has 2 aromatic rings. The number of rotatable bonds is 5. The Morgan fingerprint density at radius 2 is 1.95 bits per heavy atom. The molecular formula is C16H19NO2. The van der Waals surface area contributed by atoms with Crippen LogP contribution in [0.15, 0.2) is 40.8 Å². The predicted molar refractivity (Wildman–Crippen MR) is 74.6 cm³/mol. The smallest absolute Gasteiger partial charge is 0.134 e. The minimum Gasteiger partial charge on any atom is -0.460 e. The van der Waals surface area contributed by atoms with Gasteiger partial charge < -0.3 is 14.8 Å². The van der Waals surface area contributed by atoms with Crippen molar-refractivity contribution in [1.82, 2.24) is 5.32 Å². The number of nitrogens with one attached hydrogen (secondary N) is 1. The van der Waals surface area contributed by atoms with Crippen molar-refractivity contribution in [3.05, 3.63) is 47.7 Å². The molecule has 1 saturated carbocycles. The SMILES string of the molecule is C[C@H](O)c1ccc(-c2ccc(CNC3CC3)o2)cc1. The second-order valence-electron chi connectivity index (χ2n) is 5.22. The van der Waals surface area contributed by atoms with Crippen LogP contribution in [-0.2, 0) is 6.54 Å². The molecule has 100 valence electrons. The van der Waals surface area contributed by atoms with E-state index in [1.807, 2.05) is 36.4 Å². The van der Waals surface area contributed by atoms with Crippen LogP contribution in [0.2, 0.25) is 0 Å². The summed E-state index contributed by atoms with van der Waals surface area (Å²) in [5, 5.41) is 12.9. The van der Waals surface area contributed by atoms with Crippen LogP contribution in [0, 0.1) is 0 Å². The van der Waals surface area contributed by atoms with Crippen molar-refractivity contribution in [3.63, 3.8) is 0 Å². The van der Waals surface area contributed by atoms with Crippen molar-refractivity contribution >= 4 is 0 Å². The zero-order valence-corrected chi connectivity index (χ0v) is 11.1. The van der Waals surface area contributed by atoms with Crippen LogP contribution in [0.4, 0.5) is 0 Å². The molecule has 1 aliphatic carbocycles. The normalized spacial score (nSPS) is 16.5. The molecule has 0 amide bonds. The molecule has 0 aliphatic heterocycles. The van der Waals surface area contributed by atoms with Crippen LogP contribution in [0.25, 0.3) is 11.3 Å². The first-order valence-corrected chi connectivity index (χ1v) is 6.83. The lowest BCUT2D eigenvalue weighted by Crippen LogP contribution is -2.14. The van der Waals surface area contributed by atoms with Gasteiger partial charge >= 0.3 is 0 Å². The van der Waals surface area contributed by atoms with E-state index in [0.717, 1.165) is 29.2 Å². The summed E-state index contributed by atoms with van der Waals surface area (Å²) >= 11 is 0. The van der Waals surface area contributed by atoms with E-state index in [-0.39, 0.29) is 0 Å². The Morgan fingerprint density at radius 3 is 2.58 bits per heavy atom. The molecule has 19 heavy (non-hydrogen) atoms. The first-order valence-electron chi connectivity index (χ1n) is 6.83. The molecule has 1 aromatic carbocycles. The first kappa shape index (κ1) is 12.5. The van der Waals surface area contributed by atoms with E-state index in [9.17, 15) is 5.11 Å². The van der Waals surface area contributed by atoms with Gasteiger partial charge in [-0.2, -0.15) is 0 Å². The summed E-state index contributed by atoms with van der Waals surface area (Å²) in [5.74, 6) is 1.85. The fraction of sp³-hybridized carbons (Fsp3) is 0.375. The zero-order chi connectivity index (χ0) is 13.2. The second-order valence-corrected chi connectivity index (χ2v) is 5.22. The van der Waals surface area contributed by atoms with Crippen molar-refractivity contribution in [2.75, 3.05) is 0 Å². The molecular weight excluding hydrogens is 238 g/mol. The maximum Gasteiger partial charge on any atom is 0.134 e. The fourth-order valence-corrected chi connectivity index (χ4v) is 2.09. The Balaban J connectivity index is 1.70. The van der Waals surface area contributed by atoms with E-state index in [1.165, 1.54) is 12.8 Å². The van der Waals surface area contributed by atoms with E-state index >= 15 is 0 Å². The van der Waals surface area contributed by atoms with Crippen molar-refractivity contribution in [3.8, 4) is 11.3 Å². The average molecular weight is 257 g/mol. The lowest BCUT2D eigenvalue weighted by molar-refractivity contribution is 0.199. The van der Waals surface area contributed by atoms with Gasteiger partial charge in [-0.25, -0.2) is 0 Å². The van der Waals surface area contributed by atoms with Crippen LogP contribution in [-0.4, -0.2) is 11.1 Å². The standard InChI is InChI=1S/C16H19NO2/c1-11(18)12-2-4-13(5-3-12)16-9-8-15(19-16)10-17-14-6-7-14/h2-5,8-9,11,14,17-18H,6-7,10H2,1H3/t11-/m0/s1. The van der Waals surface area contributed by atoms with Gasteiger partial charge in [-0.15, -0.1) is 0 Å². The Kier molecular flexibility index (Phi) is 3.40. The summed E-state index contributed by atoms with van der Waals surface area (Å²) < 4.78 is 5.82. The summed E-state index contributed by atoms with van der Waals surface area (Å²) in [6.07, 6.45) is 2.15. The van der Waals surface area contributed by atoms with Crippen molar-refractivity contribution in [1.29, 1.82) is 0 Å². The summed E-state index contributed by atoms with van der Waals surface area (Å²) in [5.41, 5.74) is 1.97. The minimum atomic E-state index is -0.427.